The number of aliphatic hydroxyl groups is 1. The molecule has 3 aliphatic heterocycles. The Labute approximate surface area is 288 Å². The maximum atomic E-state index is 13.9. The van der Waals surface area contributed by atoms with Gasteiger partial charge in [-0.25, -0.2) is 13.0 Å². The lowest BCUT2D eigenvalue weighted by Crippen LogP contribution is -2.63. The summed E-state index contributed by atoms with van der Waals surface area (Å²) in [6.07, 6.45) is 6.43. The molecule has 5 aliphatic rings. The Morgan fingerprint density at radius 2 is 1.88 bits per heavy atom. The number of nitrogens with one attached hydrogen (secondary N) is 1. The van der Waals surface area contributed by atoms with Gasteiger partial charge in [-0.1, -0.05) is 31.0 Å². The molecule has 262 valence electrons. The number of ether oxygens (including phenoxy) is 1. The first-order valence-corrected chi connectivity index (χ1v) is 19.7. The maximum Gasteiger partial charge on any atom is 0.272 e. The quantitative estimate of drug-likeness (QED) is 0.369. The summed E-state index contributed by atoms with van der Waals surface area (Å²) in [7, 11) is -3.01. The van der Waals surface area contributed by atoms with Gasteiger partial charge in [0.05, 0.1) is 40.7 Å². The molecule has 2 bridgehead atoms. The number of aryl methyl sites for hydroxylation is 1. The minimum atomic E-state index is -3.01. The fraction of sp³-hybridized carbons (Fsp3) is 0.622. The SMILES string of the molecule is C=S1(=O)NC(=O)c2ccc3c(c2)N(C[C@@H]2CC[C@H]2[C@](O)(CN2CC(F)(F)C2)CCC[C@H](C)[C@H]1C)C[C@@]1(CCCc2cc(Cl)ccc21)CO3. The number of alkyl halides is 2. The van der Waals surface area contributed by atoms with E-state index in [-0.39, 0.29) is 42.8 Å². The molecule has 0 radical (unpaired) electrons. The lowest BCUT2D eigenvalue weighted by molar-refractivity contribution is -0.173. The summed E-state index contributed by atoms with van der Waals surface area (Å²) in [5, 5.41) is 12.7. The van der Waals surface area contributed by atoms with Gasteiger partial charge in [0, 0.05) is 40.9 Å². The van der Waals surface area contributed by atoms with E-state index in [1.807, 2.05) is 32.0 Å². The second kappa shape index (κ2) is 12.4. The zero-order valence-electron chi connectivity index (χ0n) is 28.0. The lowest BCUT2D eigenvalue weighted by atomic mass is 9.62. The molecule has 2 fully saturated rings. The van der Waals surface area contributed by atoms with Crippen molar-refractivity contribution in [2.75, 3.05) is 44.2 Å². The molecule has 48 heavy (non-hydrogen) atoms. The minimum Gasteiger partial charge on any atom is -0.490 e. The van der Waals surface area contributed by atoms with E-state index >= 15 is 0 Å². The van der Waals surface area contributed by atoms with Gasteiger partial charge in [0.15, 0.2) is 0 Å². The number of hydrogen-bond acceptors (Lipinski definition) is 6. The Morgan fingerprint density at radius 1 is 1.08 bits per heavy atom. The molecule has 0 aromatic heterocycles. The van der Waals surface area contributed by atoms with Crippen molar-refractivity contribution in [1.82, 2.24) is 9.62 Å². The Morgan fingerprint density at radius 3 is 2.60 bits per heavy atom. The number of benzene rings is 2. The van der Waals surface area contributed by atoms with Crippen LogP contribution in [0.2, 0.25) is 5.02 Å². The van der Waals surface area contributed by atoms with Gasteiger partial charge in [-0.05, 0) is 117 Å². The number of fused-ring (bicyclic) bond motifs is 4. The van der Waals surface area contributed by atoms with Gasteiger partial charge in [0.1, 0.15) is 5.75 Å². The molecule has 1 unspecified atom stereocenters. The predicted molar refractivity (Wildman–Crippen MR) is 188 cm³/mol. The average molecular weight is 704 g/mol. The van der Waals surface area contributed by atoms with E-state index < -0.39 is 32.4 Å². The maximum absolute atomic E-state index is 13.9. The number of halogens is 3. The van der Waals surface area contributed by atoms with Crippen LogP contribution in [-0.4, -0.2) is 82.1 Å². The van der Waals surface area contributed by atoms with Crippen molar-refractivity contribution < 1.29 is 27.6 Å². The van der Waals surface area contributed by atoms with E-state index in [9.17, 15) is 22.9 Å². The summed E-state index contributed by atoms with van der Waals surface area (Å²) >= 11 is 6.43. The first kappa shape index (κ1) is 34.1. The van der Waals surface area contributed by atoms with Gasteiger partial charge in [0.2, 0.25) is 0 Å². The second-order valence-corrected chi connectivity index (χ2v) is 18.4. The molecule has 1 saturated carbocycles. The number of hydrogen-bond donors (Lipinski definition) is 2. The lowest BCUT2D eigenvalue weighted by Gasteiger charge is -2.53. The summed E-state index contributed by atoms with van der Waals surface area (Å²) in [6.45, 7) is 5.18. The van der Waals surface area contributed by atoms with E-state index in [0.717, 1.165) is 37.8 Å². The standard InChI is InChI=1S/C37H48ClF2N3O4S/c1-24-6-4-15-36(45,20-42-21-37(39,40)22-42)31-11-8-28(31)18-43-19-35(14-5-7-26-16-29(38)10-12-30(26)35)23-47-33-13-9-27(17-32(33)43)34(44)41-48(3,46)25(24)2/h9-10,12-13,16-17,24-25,28,31,45H,3-8,11,14-15,18-23H2,1-2H3,(H,41,44,46)/t24-,25+,28-,31+,35-,36+,48?/m0/s1. The minimum absolute atomic E-state index is 0.0432. The predicted octanol–water partition coefficient (Wildman–Crippen LogP) is 6.09. The summed E-state index contributed by atoms with van der Waals surface area (Å²) < 4.78 is 51.1. The highest BCUT2D eigenvalue weighted by molar-refractivity contribution is 7.99. The van der Waals surface area contributed by atoms with Crippen LogP contribution in [-0.2, 0) is 21.5 Å². The fourth-order valence-electron chi connectivity index (χ4n) is 9.17. The first-order valence-electron chi connectivity index (χ1n) is 17.5. The fourth-order valence-corrected chi connectivity index (χ4v) is 10.9. The monoisotopic (exact) mass is 703 g/mol. The van der Waals surface area contributed by atoms with Crippen LogP contribution in [0.4, 0.5) is 14.5 Å². The smallest absolute Gasteiger partial charge is 0.272 e. The van der Waals surface area contributed by atoms with E-state index in [1.165, 1.54) is 11.1 Å². The van der Waals surface area contributed by atoms with Crippen molar-refractivity contribution in [2.45, 2.75) is 87.4 Å². The number of β-amino-alcohol motifs (C(OH)–C–C–N with tert-alkyl or cyclic N) is 1. The molecule has 2 aliphatic carbocycles. The molecule has 2 N–H and O–H groups in total. The Balaban J connectivity index is 1.28. The summed E-state index contributed by atoms with van der Waals surface area (Å²) in [5.41, 5.74) is 2.20. The van der Waals surface area contributed by atoms with Gasteiger partial charge in [0.25, 0.3) is 11.8 Å². The molecule has 1 saturated heterocycles. The third-order valence-corrected chi connectivity index (χ3v) is 14.6. The van der Waals surface area contributed by atoms with Crippen LogP contribution in [0.1, 0.15) is 80.3 Å². The number of likely N-dealkylation sites (tertiary alicyclic amines) is 1. The van der Waals surface area contributed by atoms with Crippen LogP contribution >= 0.6 is 11.6 Å². The van der Waals surface area contributed by atoms with E-state index in [2.05, 4.69) is 27.6 Å². The molecule has 3 heterocycles. The van der Waals surface area contributed by atoms with E-state index in [4.69, 9.17) is 16.3 Å². The highest BCUT2D eigenvalue weighted by atomic mass is 35.5. The third kappa shape index (κ3) is 6.35. The van der Waals surface area contributed by atoms with Crippen molar-refractivity contribution in [2.24, 2.45) is 17.8 Å². The van der Waals surface area contributed by atoms with Crippen LogP contribution < -0.4 is 14.4 Å². The number of amides is 1. The van der Waals surface area contributed by atoms with Crippen LogP contribution in [0, 0.1) is 17.8 Å². The largest absolute Gasteiger partial charge is 0.490 e. The van der Waals surface area contributed by atoms with Gasteiger partial charge >= 0.3 is 0 Å². The van der Waals surface area contributed by atoms with Gasteiger partial charge in [-0.15, -0.1) is 0 Å². The molecular weight excluding hydrogens is 656 g/mol. The molecule has 2 aromatic carbocycles. The number of rotatable bonds is 2. The molecule has 7 nitrogen and oxygen atoms in total. The Hall–Kier alpha value is -2.40. The van der Waals surface area contributed by atoms with Crippen molar-refractivity contribution in [1.29, 1.82) is 0 Å². The molecular formula is C37H48ClF2N3O4S. The first-order chi connectivity index (χ1) is 22.7. The summed E-state index contributed by atoms with van der Waals surface area (Å²) in [5.74, 6) is 1.54. The second-order valence-electron chi connectivity index (χ2n) is 15.6. The van der Waals surface area contributed by atoms with Gasteiger partial charge < -0.3 is 14.7 Å². The van der Waals surface area contributed by atoms with Crippen LogP contribution in [0.3, 0.4) is 0 Å². The highest BCUT2D eigenvalue weighted by Crippen LogP contribution is 2.49. The number of nitrogens with zero attached hydrogens (tertiary/aromatic N) is 2. The Bertz CT molecular complexity index is 1680. The van der Waals surface area contributed by atoms with Crippen molar-refractivity contribution in [3.63, 3.8) is 0 Å². The normalized spacial score (nSPS) is 36.8. The van der Waals surface area contributed by atoms with E-state index in [1.54, 1.807) is 11.0 Å². The van der Waals surface area contributed by atoms with Crippen molar-refractivity contribution >= 4 is 38.8 Å². The van der Waals surface area contributed by atoms with Crippen LogP contribution in [0.15, 0.2) is 36.4 Å². The molecule has 7 rings (SSSR count). The summed E-state index contributed by atoms with van der Waals surface area (Å²) in [4.78, 5) is 17.7. The third-order valence-electron chi connectivity index (χ3n) is 12.2. The highest BCUT2D eigenvalue weighted by Gasteiger charge is 2.52. The van der Waals surface area contributed by atoms with Crippen LogP contribution in [0.5, 0.6) is 5.75 Å². The molecule has 7 atom stereocenters. The average Bonchev–Trinajstić information content (AvgIpc) is 3.14. The molecule has 1 spiro atoms. The number of carbonyl (C=O) groups is 1. The zero-order chi connectivity index (χ0) is 34.1. The van der Waals surface area contributed by atoms with Crippen molar-refractivity contribution in [3.05, 3.63) is 58.1 Å². The van der Waals surface area contributed by atoms with E-state index in [0.29, 0.717) is 55.3 Å². The van der Waals surface area contributed by atoms with Crippen molar-refractivity contribution in [3.8, 4) is 5.75 Å². The zero-order valence-corrected chi connectivity index (χ0v) is 29.6. The molecule has 1 amide bonds. The number of carbonyl (C=O) groups excluding carboxylic acids is 1. The summed E-state index contributed by atoms with van der Waals surface area (Å²) in [6, 6.07) is 11.5. The number of anilines is 1. The molecule has 11 heteroatoms. The topological polar surface area (TPSA) is 82.1 Å². The molecule has 2 aromatic rings. The Kier molecular flexibility index (Phi) is 8.82. The van der Waals surface area contributed by atoms with Gasteiger partial charge in [-0.3, -0.25) is 14.4 Å². The van der Waals surface area contributed by atoms with Crippen LogP contribution in [0.25, 0.3) is 0 Å². The van der Waals surface area contributed by atoms with Gasteiger partial charge in [-0.2, -0.15) is 0 Å².